The van der Waals surface area contributed by atoms with Crippen LogP contribution in [-0.2, 0) is 6.42 Å². The zero-order valence-corrected chi connectivity index (χ0v) is 14.6. The van der Waals surface area contributed by atoms with Crippen LogP contribution in [0.1, 0.15) is 40.9 Å². The van der Waals surface area contributed by atoms with Gasteiger partial charge in [-0.2, -0.15) is 4.98 Å². The molecule has 2 aromatic heterocycles. The SMILES string of the molecule is CCSc1nc2nc3c(cn2n1)C(=O)C[C@@H](c1cccc(Cl)c1)C3. The number of hydrogen-bond donors (Lipinski definition) is 0. The highest BCUT2D eigenvalue weighted by Crippen LogP contribution is 2.33. The van der Waals surface area contributed by atoms with Crippen molar-refractivity contribution in [1.29, 1.82) is 0 Å². The lowest BCUT2D eigenvalue weighted by Gasteiger charge is -2.23. The average molecular weight is 359 g/mol. The van der Waals surface area contributed by atoms with E-state index in [0.717, 1.165) is 17.0 Å². The summed E-state index contributed by atoms with van der Waals surface area (Å²) >= 11 is 7.65. The molecular weight excluding hydrogens is 344 g/mol. The van der Waals surface area contributed by atoms with Crippen LogP contribution in [0.25, 0.3) is 5.78 Å². The van der Waals surface area contributed by atoms with Crippen molar-refractivity contribution in [3.63, 3.8) is 0 Å². The lowest BCUT2D eigenvalue weighted by molar-refractivity contribution is 0.0962. The molecule has 4 rings (SSSR count). The molecule has 2 heterocycles. The fraction of sp³-hybridized carbons (Fsp3) is 0.294. The Morgan fingerprint density at radius 2 is 2.21 bits per heavy atom. The molecule has 0 fully saturated rings. The molecule has 1 aromatic carbocycles. The second-order valence-corrected chi connectivity index (χ2v) is 7.42. The number of fused-ring (bicyclic) bond motifs is 2. The van der Waals surface area contributed by atoms with Crippen molar-refractivity contribution in [2.24, 2.45) is 0 Å². The quantitative estimate of drug-likeness (QED) is 0.666. The molecule has 1 aliphatic rings. The molecule has 0 saturated heterocycles. The molecule has 0 unspecified atom stereocenters. The first-order valence-electron chi connectivity index (χ1n) is 7.82. The zero-order valence-electron chi connectivity index (χ0n) is 13.1. The molecule has 3 aromatic rings. The lowest BCUT2D eigenvalue weighted by atomic mass is 9.82. The summed E-state index contributed by atoms with van der Waals surface area (Å²) in [6.07, 6.45) is 2.94. The maximum absolute atomic E-state index is 12.6. The van der Waals surface area contributed by atoms with Gasteiger partial charge in [-0.25, -0.2) is 9.50 Å². The summed E-state index contributed by atoms with van der Waals surface area (Å²) in [5.41, 5.74) is 2.52. The predicted molar refractivity (Wildman–Crippen MR) is 94.0 cm³/mol. The van der Waals surface area contributed by atoms with Gasteiger partial charge in [-0.1, -0.05) is 42.4 Å². The molecule has 0 radical (unpaired) electrons. The van der Waals surface area contributed by atoms with Crippen LogP contribution in [0.3, 0.4) is 0 Å². The Morgan fingerprint density at radius 3 is 3.00 bits per heavy atom. The highest BCUT2D eigenvalue weighted by atomic mass is 35.5. The molecule has 1 aliphatic carbocycles. The van der Waals surface area contributed by atoms with Gasteiger partial charge in [0.05, 0.1) is 11.3 Å². The number of carbonyl (C=O) groups is 1. The largest absolute Gasteiger partial charge is 0.294 e. The normalized spacial score (nSPS) is 17.2. The molecular formula is C17H15ClN4OS. The maximum atomic E-state index is 12.6. The number of rotatable bonds is 3. The molecule has 0 amide bonds. The number of aromatic nitrogens is 4. The van der Waals surface area contributed by atoms with Gasteiger partial charge in [-0.15, -0.1) is 5.10 Å². The minimum atomic E-state index is 0.0934. The first-order chi connectivity index (χ1) is 11.6. The van der Waals surface area contributed by atoms with Crippen molar-refractivity contribution >= 4 is 34.9 Å². The standard InChI is InChI=1S/C17H15ClN4OS/c1-2-24-17-20-16-19-14-7-11(10-4-3-5-12(18)6-10)8-15(23)13(14)9-22(16)21-17/h3-6,9,11H,2,7-8H2,1H3/t11-/m0/s1. The van der Waals surface area contributed by atoms with Crippen molar-refractivity contribution < 1.29 is 4.79 Å². The van der Waals surface area contributed by atoms with Gasteiger partial charge in [0, 0.05) is 17.6 Å². The molecule has 122 valence electrons. The van der Waals surface area contributed by atoms with Gasteiger partial charge in [0.1, 0.15) is 0 Å². The van der Waals surface area contributed by atoms with Crippen LogP contribution >= 0.6 is 23.4 Å². The topological polar surface area (TPSA) is 60.1 Å². The van der Waals surface area contributed by atoms with Crippen LogP contribution in [-0.4, -0.2) is 31.1 Å². The van der Waals surface area contributed by atoms with Crippen molar-refractivity contribution in [2.45, 2.75) is 30.8 Å². The molecule has 1 atom stereocenters. The smallest absolute Gasteiger partial charge is 0.253 e. The molecule has 24 heavy (non-hydrogen) atoms. The molecule has 5 nitrogen and oxygen atoms in total. The van der Waals surface area contributed by atoms with E-state index in [9.17, 15) is 4.79 Å². The van der Waals surface area contributed by atoms with E-state index in [2.05, 4.69) is 15.1 Å². The Bertz CT molecular complexity index is 939. The summed E-state index contributed by atoms with van der Waals surface area (Å²) in [4.78, 5) is 21.6. The molecule has 0 saturated carbocycles. The number of benzene rings is 1. The minimum absolute atomic E-state index is 0.0934. The Labute approximate surface area is 148 Å². The second-order valence-electron chi connectivity index (χ2n) is 5.76. The average Bonchev–Trinajstić information content (AvgIpc) is 2.94. The third-order valence-corrected chi connectivity index (χ3v) is 5.11. The third kappa shape index (κ3) is 2.80. The van der Waals surface area contributed by atoms with Crippen molar-refractivity contribution in [1.82, 2.24) is 19.6 Å². The second kappa shape index (κ2) is 6.18. The number of halogens is 1. The lowest BCUT2D eigenvalue weighted by Crippen LogP contribution is -2.21. The van der Waals surface area contributed by atoms with Crippen LogP contribution < -0.4 is 0 Å². The van der Waals surface area contributed by atoms with Gasteiger partial charge in [-0.3, -0.25) is 4.79 Å². The van der Waals surface area contributed by atoms with E-state index in [-0.39, 0.29) is 11.7 Å². The Morgan fingerprint density at radius 1 is 1.33 bits per heavy atom. The third-order valence-electron chi connectivity index (χ3n) is 4.16. The number of nitrogens with zero attached hydrogens (tertiary/aromatic N) is 4. The summed E-state index contributed by atoms with van der Waals surface area (Å²) in [6.45, 7) is 2.05. The number of ketones is 1. The molecule has 0 N–H and O–H groups in total. The number of hydrogen-bond acceptors (Lipinski definition) is 5. The van der Waals surface area contributed by atoms with E-state index in [4.69, 9.17) is 11.6 Å². The molecule has 0 aliphatic heterocycles. The molecule has 7 heteroatoms. The van der Waals surface area contributed by atoms with Crippen LogP contribution in [0.2, 0.25) is 5.02 Å². The van der Waals surface area contributed by atoms with E-state index < -0.39 is 0 Å². The molecule has 0 bridgehead atoms. The Kier molecular flexibility index (Phi) is 4.02. The Balaban J connectivity index is 1.73. The van der Waals surface area contributed by atoms with Gasteiger partial charge in [-0.05, 0) is 35.8 Å². The summed E-state index contributed by atoms with van der Waals surface area (Å²) in [6, 6.07) is 7.70. The number of carbonyl (C=O) groups excluding carboxylic acids is 1. The fourth-order valence-electron chi connectivity index (χ4n) is 3.05. The summed E-state index contributed by atoms with van der Waals surface area (Å²) in [7, 11) is 0. The summed E-state index contributed by atoms with van der Waals surface area (Å²) in [5, 5.41) is 5.74. The first kappa shape index (κ1) is 15.6. The predicted octanol–water partition coefficient (Wildman–Crippen LogP) is 3.80. The van der Waals surface area contributed by atoms with Crippen LogP contribution in [0.5, 0.6) is 0 Å². The van der Waals surface area contributed by atoms with E-state index in [0.29, 0.717) is 34.4 Å². The van der Waals surface area contributed by atoms with Crippen LogP contribution in [0, 0.1) is 0 Å². The monoisotopic (exact) mass is 358 g/mol. The first-order valence-corrected chi connectivity index (χ1v) is 9.18. The fourth-order valence-corrected chi connectivity index (χ4v) is 3.80. The summed E-state index contributed by atoms with van der Waals surface area (Å²) in [5.74, 6) is 1.64. The van der Waals surface area contributed by atoms with E-state index in [1.54, 1.807) is 22.5 Å². The van der Waals surface area contributed by atoms with E-state index in [1.807, 2.05) is 31.2 Å². The molecule has 0 spiro atoms. The summed E-state index contributed by atoms with van der Waals surface area (Å²) < 4.78 is 1.61. The van der Waals surface area contributed by atoms with Crippen LogP contribution in [0.4, 0.5) is 0 Å². The highest BCUT2D eigenvalue weighted by Gasteiger charge is 2.28. The van der Waals surface area contributed by atoms with Crippen molar-refractivity contribution in [3.8, 4) is 0 Å². The van der Waals surface area contributed by atoms with E-state index >= 15 is 0 Å². The van der Waals surface area contributed by atoms with Crippen molar-refractivity contribution in [2.75, 3.05) is 5.75 Å². The highest BCUT2D eigenvalue weighted by molar-refractivity contribution is 7.99. The Hall–Kier alpha value is -1.92. The van der Waals surface area contributed by atoms with E-state index in [1.165, 1.54) is 0 Å². The number of thioether (sulfide) groups is 1. The minimum Gasteiger partial charge on any atom is -0.294 e. The van der Waals surface area contributed by atoms with Crippen LogP contribution in [0.15, 0.2) is 35.6 Å². The van der Waals surface area contributed by atoms with Gasteiger partial charge in [0.2, 0.25) is 5.16 Å². The zero-order chi connectivity index (χ0) is 16.7. The van der Waals surface area contributed by atoms with Gasteiger partial charge in [0.25, 0.3) is 5.78 Å². The number of Topliss-reactive ketones (excluding diaryl/α,β-unsaturated/α-hetero) is 1. The maximum Gasteiger partial charge on any atom is 0.253 e. The van der Waals surface area contributed by atoms with Gasteiger partial charge >= 0.3 is 0 Å². The van der Waals surface area contributed by atoms with Crippen molar-refractivity contribution in [3.05, 3.63) is 52.3 Å². The van der Waals surface area contributed by atoms with Gasteiger partial charge in [0.15, 0.2) is 5.78 Å². The van der Waals surface area contributed by atoms with Gasteiger partial charge < -0.3 is 0 Å².